The fraction of sp³-hybridized carbons (Fsp3) is 0.417. The van der Waals surface area contributed by atoms with Crippen LogP contribution in [0.1, 0.15) is 18.4 Å². The Morgan fingerprint density at radius 2 is 2.00 bits per heavy atom. The zero-order valence-electron chi connectivity index (χ0n) is 17.7. The molecule has 4 heterocycles. The number of benzene rings is 1. The number of pyridine rings is 2. The first kappa shape index (κ1) is 19.9. The number of rotatable bonds is 7. The van der Waals surface area contributed by atoms with Gasteiger partial charge in [-0.2, -0.15) is 0 Å². The molecule has 0 radical (unpaired) electrons. The highest BCUT2D eigenvalue weighted by Crippen LogP contribution is 2.36. The predicted octanol–water partition coefficient (Wildman–Crippen LogP) is 2.84. The summed E-state index contributed by atoms with van der Waals surface area (Å²) < 4.78 is 11.7. The Labute approximate surface area is 181 Å². The minimum absolute atomic E-state index is 0.117. The fourth-order valence-corrected chi connectivity index (χ4v) is 4.38. The number of nitrogens with zero attached hydrogens (tertiary/aromatic N) is 3. The molecule has 2 aliphatic heterocycles. The van der Waals surface area contributed by atoms with Gasteiger partial charge >= 0.3 is 0 Å². The molecule has 2 aliphatic rings. The first-order valence-corrected chi connectivity index (χ1v) is 11.1. The molecule has 0 atom stereocenters. The van der Waals surface area contributed by atoms with Gasteiger partial charge in [0.1, 0.15) is 5.75 Å². The normalized spacial score (nSPS) is 16.3. The van der Waals surface area contributed by atoms with Crippen molar-refractivity contribution in [3.63, 3.8) is 0 Å². The third-order valence-electron chi connectivity index (χ3n) is 6.11. The molecule has 1 aromatic carbocycles. The maximum atomic E-state index is 11.5. The summed E-state index contributed by atoms with van der Waals surface area (Å²) in [6, 6.07) is 11.6. The van der Waals surface area contributed by atoms with Gasteiger partial charge in [-0.3, -0.25) is 9.69 Å². The highest BCUT2D eigenvalue weighted by atomic mass is 16.5. The number of aromatic nitrogens is 2. The number of hydrogen-bond donors (Lipinski definition) is 1. The summed E-state index contributed by atoms with van der Waals surface area (Å²) in [5.41, 5.74) is 3.23. The number of para-hydroxylation sites is 1. The van der Waals surface area contributed by atoms with Crippen LogP contribution in [0.25, 0.3) is 10.9 Å². The molecular formula is C24H28N4O3. The van der Waals surface area contributed by atoms with Gasteiger partial charge in [0, 0.05) is 56.3 Å². The molecule has 0 unspecified atom stereocenters. The van der Waals surface area contributed by atoms with Gasteiger partial charge in [0.05, 0.1) is 24.4 Å². The number of piperazine rings is 1. The summed E-state index contributed by atoms with van der Waals surface area (Å²) >= 11 is 0. The maximum Gasteiger partial charge on any atom is 0.248 e. The van der Waals surface area contributed by atoms with Gasteiger partial charge in [0.15, 0.2) is 0 Å². The van der Waals surface area contributed by atoms with Crippen molar-refractivity contribution in [2.24, 2.45) is 0 Å². The number of H-pyrrole nitrogens is 1. The largest absolute Gasteiger partial charge is 0.491 e. The van der Waals surface area contributed by atoms with Gasteiger partial charge in [-0.15, -0.1) is 0 Å². The van der Waals surface area contributed by atoms with Crippen LogP contribution in [0, 0.1) is 0 Å². The van der Waals surface area contributed by atoms with Crippen LogP contribution in [-0.4, -0.2) is 60.8 Å². The van der Waals surface area contributed by atoms with Gasteiger partial charge in [-0.25, -0.2) is 4.98 Å². The van der Waals surface area contributed by atoms with E-state index in [4.69, 9.17) is 9.47 Å². The standard InChI is InChI=1S/C24H28N4O3/c29-22-7-6-19-17-25-23(16-20(19)26-22)30-14-2-1-9-27-10-12-28(13-11-27)21-5-3-4-18-8-15-31-24(18)21/h3-7,16-17H,1-2,8-15H2,(H,26,29). The molecule has 1 N–H and O–H groups in total. The molecule has 31 heavy (non-hydrogen) atoms. The van der Waals surface area contributed by atoms with Crippen molar-refractivity contribution in [1.29, 1.82) is 0 Å². The van der Waals surface area contributed by atoms with Crippen LogP contribution in [0.2, 0.25) is 0 Å². The van der Waals surface area contributed by atoms with Crippen LogP contribution < -0.4 is 19.9 Å². The molecule has 1 saturated heterocycles. The SMILES string of the molecule is O=c1ccc2cnc(OCCCCN3CCN(c4cccc5c4OCC5)CC3)cc2[nH]1. The van der Waals surface area contributed by atoms with Gasteiger partial charge in [0.2, 0.25) is 11.4 Å². The van der Waals surface area contributed by atoms with E-state index in [9.17, 15) is 4.79 Å². The Bertz CT molecular complexity index is 1110. The summed E-state index contributed by atoms with van der Waals surface area (Å²) in [4.78, 5) is 23.6. The summed E-state index contributed by atoms with van der Waals surface area (Å²) in [5, 5.41) is 0.901. The topological polar surface area (TPSA) is 70.7 Å². The van der Waals surface area contributed by atoms with Crippen LogP contribution in [-0.2, 0) is 6.42 Å². The molecule has 0 bridgehead atoms. The van der Waals surface area contributed by atoms with E-state index in [1.807, 2.05) is 0 Å². The van der Waals surface area contributed by atoms with Gasteiger partial charge in [0.25, 0.3) is 0 Å². The molecule has 0 amide bonds. The van der Waals surface area contributed by atoms with Crippen molar-refractivity contribution in [3.8, 4) is 11.6 Å². The van der Waals surface area contributed by atoms with Crippen LogP contribution in [0.4, 0.5) is 5.69 Å². The lowest BCUT2D eigenvalue weighted by Gasteiger charge is -2.36. The number of fused-ring (bicyclic) bond motifs is 2. The lowest BCUT2D eigenvalue weighted by atomic mass is 10.1. The number of aromatic amines is 1. The van der Waals surface area contributed by atoms with Crippen molar-refractivity contribution >= 4 is 16.6 Å². The van der Waals surface area contributed by atoms with E-state index in [-0.39, 0.29) is 5.56 Å². The summed E-state index contributed by atoms with van der Waals surface area (Å²) in [5.74, 6) is 1.65. The van der Waals surface area contributed by atoms with E-state index < -0.39 is 0 Å². The van der Waals surface area contributed by atoms with Gasteiger partial charge < -0.3 is 19.4 Å². The van der Waals surface area contributed by atoms with Crippen molar-refractivity contribution in [1.82, 2.24) is 14.9 Å². The summed E-state index contributed by atoms with van der Waals surface area (Å²) in [6.07, 6.45) is 4.82. The average molecular weight is 421 g/mol. The van der Waals surface area contributed by atoms with E-state index in [2.05, 4.69) is 38.0 Å². The zero-order chi connectivity index (χ0) is 21.0. The maximum absolute atomic E-state index is 11.5. The van der Waals surface area contributed by atoms with Crippen molar-refractivity contribution in [3.05, 3.63) is 58.5 Å². The second-order valence-corrected chi connectivity index (χ2v) is 8.18. The Morgan fingerprint density at radius 1 is 1.10 bits per heavy atom. The molecule has 7 heteroatoms. The highest BCUT2D eigenvalue weighted by Gasteiger charge is 2.23. The Hall–Kier alpha value is -3.06. The van der Waals surface area contributed by atoms with E-state index in [1.165, 1.54) is 17.3 Å². The molecule has 162 valence electrons. The number of hydrogen-bond acceptors (Lipinski definition) is 6. The lowest BCUT2D eigenvalue weighted by molar-refractivity contribution is 0.236. The molecule has 5 rings (SSSR count). The Kier molecular flexibility index (Phi) is 5.76. The monoisotopic (exact) mass is 420 g/mol. The first-order chi connectivity index (χ1) is 15.3. The summed E-state index contributed by atoms with van der Waals surface area (Å²) in [7, 11) is 0. The van der Waals surface area contributed by atoms with Crippen molar-refractivity contribution in [2.75, 3.05) is 50.8 Å². The smallest absolute Gasteiger partial charge is 0.248 e. The molecule has 7 nitrogen and oxygen atoms in total. The minimum atomic E-state index is -0.117. The predicted molar refractivity (Wildman–Crippen MR) is 121 cm³/mol. The van der Waals surface area contributed by atoms with E-state index in [0.717, 1.165) is 75.2 Å². The third-order valence-corrected chi connectivity index (χ3v) is 6.11. The van der Waals surface area contributed by atoms with Crippen LogP contribution in [0.5, 0.6) is 11.6 Å². The molecule has 0 saturated carbocycles. The minimum Gasteiger partial charge on any atom is -0.491 e. The quantitative estimate of drug-likeness (QED) is 0.593. The number of anilines is 1. The first-order valence-electron chi connectivity index (χ1n) is 11.1. The van der Waals surface area contributed by atoms with E-state index in [0.29, 0.717) is 12.5 Å². The Balaban J connectivity index is 1.04. The third kappa shape index (κ3) is 4.51. The van der Waals surface area contributed by atoms with Crippen molar-refractivity contribution in [2.45, 2.75) is 19.3 Å². The second-order valence-electron chi connectivity index (χ2n) is 8.18. The zero-order valence-corrected chi connectivity index (χ0v) is 17.7. The van der Waals surface area contributed by atoms with Crippen LogP contribution in [0.3, 0.4) is 0 Å². The van der Waals surface area contributed by atoms with Gasteiger partial charge in [-0.1, -0.05) is 12.1 Å². The number of unbranched alkanes of at least 4 members (excludes halogenated alkanes) is 1. The molecule has 0 spiro atoms. The molecular weight excluding hydrogens is 392 g/mol. The molecule has 1 fully saturated rings. The highest BCUT2D eigenvalue weighted by molar-refractivity contribution is 5.77. The number of ether oxygens (including phenoxy) is 2. The van der Waals surface area contributed by atoms with E-state index in [1.54, 1.807) is 18.3 Å². The fourth-order valence-electron chi connectivity index (χ4n) is 4.38. The molecule has 0 aliphatic carbocycles. The number of nitrogens with one attached hydrogen (secondary N) is 1. The molecule has 3 aromatic rings. The van der Waals surface area contributed by atoms with E-state index >= 15 is 0 Å². The van der Waals surface area contributed by atoms with Crippen LogP contribution >= 0.6 is 0 Å². The lowest BCUT2D eigenvalue weighted by Crippen LogP contribution is -2.46. The average Bonchev–Trinajstić information content (AvgIpc) is 3.28. The van der Waals surface area contributed by atoms with Crippen molar-refractivity contribution < 1.29 is 9.47 Å². The Morgan fingerprint density at radius 3 is 2.90 bits per heavy atom. The van der Waals surface area contributed by atoms with Crippen LogP contribution in [0.15, 0.2) is 47.4 Å². The summed E-state index contributed by atoms with van der Waals surface area (Å²) in [6.45, 7) is 6.74. The van der Waals surface area contributed by atoms with Gasteiger partial charge in [-0.05, 0) is 37.1 Å². The molecule has 2 aromatic heterocycles. The second kappa shape index (κ2) is 8.98.